The van der Waals surface area contributed by atoms with Crippen LogP contribution < -0.4 is 11.1 Å². The van der Waals surface area contributed by atoms with E-state index in [9.17, 15) is 13.6 Å². The van der Waals surface area contributed by atoms with Gasteiger partial charge in [0.15, 0.2) is 0 Å². The van der Waals surface area contributed by atoms with Crippen molar-refractivity contribution in [2.45, 2.75) is 12.1 Å². The lowest BCUT2D eigenvalue weighted by molar-refractivity contribution is -0.127. The molecule has 1 aliphatic rings. The van der Waals surface area contributed by atoms with Gasteiger partial charge in [-0.15, -0.1) is 0 Å². The lowest BCUT2D eigenvalue weighted by Gasteiger charge is -2.16. The third-order valence-electron chi connectivity index (χ3n) is 2.51. The summed E-state index contributed by atoms with van der Waals surface area (Å²) in [7, 11) is 0. The van der Waals surface area contributed by atoms with Crippen LogP contribution in [0.25, 0.3) is 0 Å². The molecule has 0 saturated carbocycles. The van der Waals surface area contributed by atoms with Crippen LogP contribution in [0, 0.1) is 5.82 Å². The summed E-state index contributed by atoms with van der Waals surface area (Å²) >= 11 is 0. The van der Waals surface area contributed by atoms with Crippen LogP contribution in [-0.2, 0) is 10.5 Å². The molecule has 1 amide bonds. The van der Waals surface area contributed by atoms with E-state index >= 15 is 0 Å². The Hall–Kier alpha value is -1.49. The van der Waals surface area contributed by atoms with Crippen LogP contribution >= 0.6 is 0 Å². The number of nitrogens with two attached hydrogens (primary N) is 1. The van der Waals surface area contributed by atoms with Crippen molar-refractivity contribution in [1.82, 2.24) is 0 Å². The van der Waals surface area contributed by atoms with Gasteiger partial charge in [0, 0.05) is 17.7 Å². The first kappa shape index (κ1) is 10.0. The molecule has 0 aliphatic carbocycles. The van der Waals surface area contributed by atoms with Crippen molar-refractivity contribution >= 4 is 11.6 Å². The number of rotatable bonds is 2. The van der Waals surface area contributed by atoms with Crippen molar-refractivity contribution in [1.29, 1.82) is 0 Å². The molecule has 0 bridgehead atoms. The summed E-state index contributed by atoms with van der Waals surface area (Å²) in [5, 5.41) is 2.36. The van der Waals surface area contributed by atoms with Crippen molar-refractivity contribution < 1.29 is 13.6 Å². The number of carbonyl (C=O) groups excluding carboxylic acids is 1. The molecule has 0 saturated heterocycles. The molecule has 80 valence electrons. The van der Waals surface area contributed by atoms with Gasteiger partial charge in [0.05, 0.1) is 0 Å². The van der Waals surface area contributed by atoms with Gasteiger partial charge >= 0.3 is 0 Å². The summed E-state index contributed by atoms with van der Waals surface area (Å²) < 4.78 is 27.2. The van der Waals surface area contributed by atoms with Crippen LogP contribution in [0.4, 0.5) is 14.5 Å². The maximum Gasteiger partial charge on any atom is 0.266 e. The quantitative estimate of drug-likeness (QED) is 0.776. The van der Waals surface area contributed by atoms with Gasteiger partial charge < -0.3 is 11.1 Å². The van der Waals surface area contributed by atoms with E-state index < -0.39 is 17.4 Å². The first-order valence-electron chi connectivity index (χ1n) is 4.58. The van der Waals surface area contributed by atoms with Crippen molar-refractivity contribution in [3.05, 3.63) is 29.6 Å². The van der Waals surface area contributed by atoms with Gasteiger partial charge in [-0.2, -0.15) is 0 Å². The molecule has 1 atom stereocenters. The van der Waals surface area contributed by atoms with Gasteiger partial charge in [-0.25, -0.2) is 8.78 Å². The number of halogens is 2. The summed E-state index contributed by atoms with van der Waals surface area (Å²) in [6.45, 7) is 0.0277. The molecule has 0 fully saturated rings. The van der Waals surface area contributed by atoms with Crippen LogP contribution in [0.5, 0.6) is 0 Å². The van der Waals surface area contributed by atoms with Crippen molar-refractivity contribution in [3.8, 4) is 0 Å². The van der Waals surface area contributed by atoms with Gasteiger partial charge in [0.1, 0.15) is 5.82 Å². The summed E-state index contributed by atoms with van der Waals surface area (Å²) in [5.74, 6) is -1.34. The zero-order valence-electron chi connectivity index (χ0n) is 7.89. The number of hydrogen-bond acceptors (Lipinski definition) is 2. The second kappa shape index (κ2) is 3.27. The molecule has 1 heterocycles. The Bertz CT molecular complexity index is 422. The Morgan fingerprint density at radius 2 is 2.20 bits per heavy atom. The molecule has 1 unspecified atom stereocenters. The average molecular weight is 212 g/mol. The maximum atomic E-state index is 14.2. The van der Waals surface area contributed by atoms with E-state index in [1.807, 2.05) is 0 Å². The molecule has 0 radical (unpaired) electrons. The van der Waals surface area contributed by atoms with Gasteiger partial charge in [-0.1, -0.05) is 0 Å². The number of amides is 1. The van der Waals surface area contributed by atoms with Crippen LogP contribution in [0.3, 0.4) is 0 Å². The van der Waals surface area contributed by atoms with Crippen molar-refractivity contribution in [3.63, 3.8) is 0 Å². The summed E-state index contributed by atoms with van der Waals surface area (Å²) in [6.07, 6.45) is -0.144. The Morgan fingerprint density at radius 3 is 2.87 bits per heavy atom. The van der Waals surface area contributed by atoms with Crippen LogP contribution in [0.2, 0.25) is 0 Å². The fourth-order valence-electron chi connectivity index (χ4n) is 1.74. The Balaban J connectivity index is 2.52. The normalized spacial score (nSPS) is 23.8. The van der Waals surface area contributed by atoms with Crippen LogP contribution in [0.1, 0.15) is 12.0 Å². The van der Waals surface area contributed by atoms with E-state index in [-0.39, 0.29) is 18.5 Å². The molecule has 1 aromatic rings. The van der Waals surface area contributed by atoms with E-state index in [0.717, 1.165) is 6.07 Å². The summed E-state index contributed by atoms with van der Waals surface area (Å²) in [5.41, 5.74) is 3.41. The number of fused-ring (bicyclic) bond motifs is 1. The average Bonchev–Trinajstić information content (AvgIpc) is 2.42. The first-order valence-corrected chi connectivity index (χ1v) is 4.58. The molecule has 3 N–H and O–H groups in total. The number of anilines is 1. The molecular formula is C10H10F2N2O. The first-order chi connectivity index (χ1) is 7.08. The predicted octanol–water partition coefficient (Wildman–Crippen LogP) is 1.29. The molecule has 3 nitrogen and oxygen atoms in total. The highest BCUT2D eigenvalue weighted by molar-refractivity contribution is 6.04. The van der Waals surface area contributed by atoms with E-state index in [1.165, 1.54) is 12.1 Å². The zero-order chi connectivity index (χ0) is 11.1. The van der Waals surface area contributed by atoms with E-state index in [0.29, 0.717) is 5.69 Å². The second-order valence-corrected chi connectivity index (χ2v) is 3.48. The number of nitrogens with one attached hydrogen (secondary N) is 1. The Kier molecular flexibility index (Phi) is 2.19. The molecule has 1 aromatic carbocycles. The molecule has 2 rings (SSSR count). The number of alkyl halides is 1. The minimum absolute atomic E-state index is 0.0277. The van der Waals surface area contributed by atoms with E-state index in [1.54, 1.807) is 0 Å². The molecular weight excluding hydrogens is 202 g/mol. The fraction of sp³-hybridized carbons (Fsp3) is 0.300. The number of hydrogen-bond donors (Lipinski definition) is 2. The van der Waals surface area contributed by atoms with Gasteiger partial charge in [-0.05, 0) is 24.7 Å². The topological polar surface area (TPSA) is 55.1 Å². The lowest BCUT2D eigenvalue weighted by atomic mass is 9.94. The largest absolute Gasteiger partial charge is 0.330 e. The van der Waals surface area contributed by atoms with E-state index in [4.69, 9.17) is 5.73 Å². The minimum Gasteiger partial charge on any atom is -0.330 e. The summed E-state index contributed by atoms with van der Waals surface area (Å²) in [6, 6.07) is 3.55. The minimum atomic E-state index is -2.19. The monoisotopic (exact) mass is 212 g/mol. The van der Waals surface area contributed by atoms with Crippen molar-refractivity contribution in [2.24, 2.45) is 5.73 Å². The molecule has 15 heavy (non-hydrogen) atoms. The smallest absolute Gasteiger partial charge is 0.266 e. The summed E-state index contributed by atoms with van der Waals surface area (Å²) in [4.78, 5) is 11.4. The highest BCUT2D eigenvalue weighted by Crippen LogP contribution is 2.41. The van der Waals surface area contributed by atoms with Crippen LogP contribution in [-0.4, -0.2) is 12.5 Å². The lowest BCUT2D eigenvalue weighted by Crippen LogP contribution is -2.32. The molecule has 0 spiro atoms. The highest BCUT2D eigenvalue weighted by atomic mass is 19.1. The molecule has 0 aromatic heterocycles. The number of carbonyl (C=O) groups is 1. The number of benzene rings is 1. The second-order valence-electron chi connectivity index (χ2n) is 3.48. The predicted molar refractivity (Wildman–Crippen MR) is 51.5 cm³/mol. The Labute approximate surface area is 85.3 Å². The third-order valence-corrected chi connectivity index (χ3v) is 2.51. The SMILES string of the molecule is NCCC1(F)C(=O)Nc2ccc(F)cc21. The van der Waals surface area contributed by atoms with Gasteiger partial charge in [0.25, 0.3) is 5.91 Å². The van der Waals surface area contributed by atoms with Crippen molar-refractivity contribution in [2.75, 3.05) is 11.9 Å². The van der Waals surface area contributed by atoms with E-state index in [2.05, 4.69) is 5.32 Å². The highest BCUT2D eigenvalue weighted by Gasteiger charge is 2.46. The van der Waals surface area contributed by atoms with Gasteiger partial charge in [0.2, 0.25) is 5.67 Å². The van der Waals surface area contributed by atoms with Gasteiger partial charge in [-0.3, -0.25) is 4.79 Å². The fourth-order valence-corrected chi connectivity index (χ4v) is 1.74. The molecule has 5 heteroatoms. The molecule has 1 aliphatic heterocycles. The third kappa shape index (κ3) is 1.39. The zero-order valence-corrected chi connectivity index (χ0v) is 7.89. The maximum absolute atomic E-state index is 14.2. The standard InChI is InChI=1S/C10H10F2N2O/c11-6-1-2-8-7(5-6)10(12,3-4-13)9(15)14-8/h1-2,5H,3-4,13H2,(H,14,15). The Morgan fingerprint density at radius 1 is 1.47 bits per heavy atom. The van der Waals surface area contributed by atoms with Crippen LogP contribution in [0.15, 0.2) is 18.2 Å².